The number of methoxy groups -OCH3 is 1. The molecule has 0 radical (unpaired) electrons. The molecule has 0 aliphatic carbocycles. The second-order valence-electron chi connectivity index (χ2n) is 5.77. The quantitative estimate of drug-likeness (QED) is 0.354. The predicted molar refractivity (Wildman–Crippen MR) is 114 cm³/mol. The van der Waals surface area contributed by atoms with Gasteiger partial charge in [0.2, 0.25) is 5.91 Å². The van der Waals surface area contributed by atoms with Gasteiger partial charge >= 0.3 is 0 Å². The van der Waals surface area contributed by atoms with Crippen molar-refractivity contribution in [2.45, 2.75) is 39.3 Å². The van der Waals surface area contributed by atoms with E-state index in [1.165, 1.54) is 0 Å². The predicted octanol–water partition coefficient (Wildman–Crippen LogP) is 2.63. The van der Waals surface area contributed by atoms with Crippen molar-refractivity contribution in [1.82, 2.24) is 15.5 Å². The number of nitrogens with one attached hydrogen (secondary N) is 2. The fourth-order valence-corrected chi connectivity index (χ4v) is 2.29. The minimum Gasteiger partial charge on any atom is -0.496 e. The zero-order valence-electron chi connectivity index (χ0n) is 15.8. The van der Waals surface area contributed by atoms with Gasteiger partial charge < -0.3 is 20.3 Å². The van der Waals surface area contributed by atoms with Gasteiger partial charge in [0.1, 0.15) is 5.75 Å². The number of nitrogens with zero attached hydrogens (tertiary/aromatic N) is 2. The molecule has 7 heteroatoms. The van der Waals surface area contributed by atoms with E-state index in [1.54, 1.807) is 14.2 Å². The minimum absolute atomic E-state index is 0. The summed E-state index contributed by atoms with van der Waals surface area (Å²) in [5, 5.41) is 6.18. The van der Waals surface area contributed by atoms with Crippen molar-refractivity contribution in [2.75, 3.05) is 27.7 Å². The lowest BCUT2D eigenvalue weighted by Crippen LogP contribution is -2.41. The van der Waals surface area contributed by atoms with Crippen molar-refractivity contribution in [1.29, 1.82) is 0 Å². The molecule has 0 heterocycles. The van der Waals surface area contributed by atoms with E-state index in [9.17, 15) is 4.79 Å². The highest BCUT2D eigenvalue weighted by Crippen LogP contribution is 2.18. The molecule has 1 unspecified atom stereocenters. The Morgan fingerprint density at radius 3 is 2.64 bits per heavy atom. The summed E-state index contributed by atoms with van der Waals surface area (Å²) in [5.74, 6) is 1.66. The molecule has 0 bridgehead atoms. The SMILES string of the molecule is CCC(C)NC(=O)CCNC(=NC)N(C)Cc1ccccc1OC.I. The van der Waals surface area contributed by atoms with Gasteiger partial charge in [-0.1, -0.05) is 25.1 Å². The van der Waals surface area contributed by atoms with Crippen LogP contribution in [0.25, 0.3) is 0 Å². The standard InChI is InChI=1S/C18H30N4O2.HI/c1-6-14(2)21-17(23)11-12-20-18(19-3)22(4)13-15-9-7-8-10-16(15)24-5;/h7-10,14H,6,11-13H2,1-5H3,(H,19,20)(H,21,23);1H. The summed E-state index contributed by atoms with van der Waals surface area (Å²) < 4.78 is 5.38. The van der Waals surface area contributed by atoms with Crippen LogP contribution >= 0.6 is 24.0 Å². The lowest BCUT2D eigenvalue weighted by molar-refractivity contribution is -0.121. The lowest BCUT2D eigenvalue weighted by Gasteiger charge is -2.23. The number of carbonyl (C=O) groups excluding carboxylic acids is 1. The van der Waals surface area contributed by atoms with Crippen LogP contribution in [0.3, 0.4) is 0 Å². The zero-order chi connectivity index (χ0) is 17.9. The Bertz CT molecular complexity index is 552. The molecule has 6 nitrogen and oxygen atoms in total. The van der Waals surface area contributed by atoms with E-state index in [-0.39, 0.29) is 35.9 Å². The third kappa shape index (κ3) is 8.42. The molecule has 1 atom stereocenters. The molecule has 0 saturated heterocycles. The van der Waals surface area contributed by atoms with Gasteiger partial charge in [-0.25, -0.2) is 0 Å². The van der Waals surface area contributed by atoms with Gasteiger partial charge in [0.15, 0.2) is 5.96 Å². The van der Waals surface area contributed by atoms with Crippen LogP contribution in [0.2, 0.25) is 0 Å². The van der Waals surface area contributed by atoms with E-state index >= 15 is 0 Å². The van der Waals surface area contributed by atoms with Crippen molar-refractivity contribution in [3.05, 3.63) is 29.8 Å². The second-order valence-corrected chi connectivity index (χ2v) is 5.77. The number of hydrogen-bond donors (Lipinski definition) is 2. The molecule has 0 aliphatic heterocycles. The van der Waals surface area contributed by atoms with E-state index in [4.69, 9.17) is 4.74 Å². The second kappa shape index (κ2) is 12.8. The number of amides is 1. The average molecular weight is 462 g/mol. The van der Waals surface area contributed by atoms with Crippen LogP contribution in [-0.2, 0) is 11.3 Å². The number of para-hydroxylation sites is 1. The fourth-order valence-electron chi connectivity index (χ4n) is 2.29. The Kier molecular flexibility index (Phi) is 12.0. The van der Waals surface area contributed by atoms with E-state index in [2.05, 4.69) is 22.5 Å². The van der Waals surface area contributed by atoms with Gasteiger partial charge in [0.25, 0.3) is 0 Å². The summed E-state index contributed by atoms with van der Waals surface area (Å²) in [4.78, 5) is 18.1. The smallest absolute Gasteiger partial charge is 0.221 e. The monoisotopic (exact) mass is 462 g/mol. The normalized spacial score (nSPS) is 12.0. The first-order valence-electron chi connectivity index (χ1n) is 8.34. The lowest BCUT2D eigenvalue weighted by atomic mass is 10.2. The molecule has 0 aromatic heterocycles. The molecule has 0 saturated carbocycles. The molecular weight excluding hydrogens is 431 g/mol. The van der Waals surface area contributed by atoms with Crippen LogP contribution in [0.1, 0.15) is 32.3 Å². The zero-order valence-corrected chi connectivity index (χ0v) is 18.2. The molecule has 1 rings (SSSR count). The first-order valence-corrected chi connectivity index (χ1v) is 8.34. The van der Waals surface area contributed by atoms with E-state index in [1.807, 2.05) is 43.1 Å². The molecule has 1 aromatic rings. The Morgan fingerprint density at radius 1 is 1.36 bits per heavy atom. The highest BCUT2D eigenvalue weighted by atomic mass is 127. The van der Waals surface area contributed by atoms with Gasteiger partial charge in [-0.2, -0.15) is 0 Å². The summed E-state index contributed by atoms with van der Waals surface area (Å²) in [6, 6.07) is 8.12. The number of guanidine groups is 1. The first-order chi connectivity index (χ1) is 11.5. The number of carbonyl (C=O) groups is 1. The third-order valence-electron chi connectivity index (χ3n) is 3.83. The van der Waals surface area contributed by atoms with Crippen LogP contribution in [0.4, 0.5) is 0 Å². The molecule has 142 valence electrons. The number of hydrogen-bond acceptors (Lipinski definition) is 3. The summed E-state index contributed by atoms with van der Waals surface area (Å²) >= 11 is 0. The Morgan fingerprint density at radius 2 is 2.04 bits per heavy atom. The molecule has 2 N–H and O–H groups in total. The minimum atomic E-state index is 0. The maximum Gasteiger partial charge on any atom is 0.221 e. The molecular formula is C18H31IN4O2. The Hall–Kier alpha value is -1.51. The number of aliphatic imine (C=N–C) groups is 1. The van der Waals surface area contributed by atoms with Crippen molar-refractivity contribution in [3.8, 4) is 5.75 Å². The maximum atomic E-state index is 11.8. The molecule has 0 spiro atoms. The maximum absolute atomic E-state index is 11.8. The number of benzene rings is 1. The van der Waals surface area contributed by atoms with Gasteiger partial charge in [-0.05, 0) is 19.4 Å². The van der Waals surface area contributed by atoms with Crippen molar-refractivity contribution in [2.24, 2.45) is 4.99 Å². The van der Waals surface area contributed by atoms with Crippen LogP contribution < -0.4 is 15.4 Å². The Balaban J connectivity index is 0.00000576. The average Bonchev–Trinajstić information content (AvgIpc) is 2.58. The van der Waals surface area contributed by atoms with E-state index in [0.29, 0.717) is 19.5 Å². The molecule has 1 aromatic carbocycles. The molecule has 0 aliphatic rings. The number of ether oxygens (including phenoxy) is 1. The van der Waals surface area contributed by atoms with E-state index < -0.39 is 0 Å². The third-order valence-corrected chi connectivity index (χ3v) is 3.83. The highest BCUT2D eigenvalue weighted by molar-refractivity contribution is 14.0. The van der Waals surface area contributed by atoms with Gasteiger partial charge in [-0.15, -0.1) is 24.0 Å². The summed E-state index contributed by atoms with van der Waals surface area (Å²) in [5.41, 5.74) is 1.08. The van der Waals surface area contributed by atoms with Crippen LogP contribution in [-0.4, -0.2) is 50.6 Å². The molecule has 25 heavy (non-hydrogen) atoms. The number of halogens is 1. The molecule has 0 fully saturated rings. The molecule has 1 amide bonds. The van der Waals surface area contributed by atoms with Gasteiger partial charge in [-0.3, -0.25) is 9.79 Å². The summed E-state index contributed by atoms with van der Waals surface area (Å²) in [6.07, 6.45) is 1.36. The number of rotatable bonds is 8. The van der Waals surface area contributed by atoms with Crippen LogP contribution in [0.5, 0.6) is 5.75 Å². The first kappa shape index (κ1) is 23.5. The van der Waals surface area contributed by atoms with Gasteiger partial charge in [0, 0.05) is 45.2 Å². The summed E-state index contributed by atoms with van der Waals surface area (Å²) in [7, 11) is 5.36. The van der Waals surface area contributed by atoms with Crippen molar-refractivity contribution < 1.29 is 9.53 Å². The Labute approximate surface area is 168 Å². The van der Waals surface area contributed by atoms with E-state index in [0.717, 1.165) is 23.7 Å². The fraction of sp³-hybridized carbons (Fsp3) is 0.556. The topological polar surface area (TPSA) is 66.0 Å². The van der Waals surface area contributed by atoms with Crippen molar-refractivity contribution >= 4 is 35.8 Å². The summed E-state index contributed by atoms with van der Waals surface area (Å²) in [6.45, 7) is 5.27. The van der Waals surface area contributed by atoms with Crippen LogP contribution in [0, 0.1) is 0 Å². The largest absolute Gasteiger partial charge is 0.496 e. The van der Waals surface area contributed by atoms with Crippen molar-refractivity contribution in [3.63, 3.8) is 0 Å². The highest BCUT2D eigenvalue weighted by Gasteiger charge is 2.11. The van der Waals surface area contributed by atoms with Gasteiger partial charge in [0.05, 0.1) is 7.11 Å². The van der Waals surface area contributed by atoms with Crippen LogP contribution in [0.15, 0.2) is 29.3 Å².